The maximum atomic E-state index is 12.3. The van der Waals surface area contributed by atoms with Gasteiger partial charge in [0.2, 0.25) is 0 Å². The van der Waals surface area contributed by atoms with Crippen LogP contribution >= 0.6 is 15.9 Å². The number of benzene rings is 1. The van der Waals surface area contributed by atoms with E-state index in [0.29, 0.717) is 10.9 Å². The molecule has 1 rings (SSSR count). The Balaban J connectivity index is 2.98. The van der Waals surface area contributed by atoms with Crippen molar-refractivity contribution >= 4 is 15.9 Å². The third-order valence-corrected chi connectivity index (χ3v) is 2.66. The van der Waals surface area contributed by atoms with Crippen LogP contribution in [0.15, 0.2) is 22.7 Å². The molecule has 1 aromatic carbocycles. The summed E-state index contributed by atoms with van der Waals surface area (Å²) in [5, 5.41) is 0. The van der Waals surface area contributed by atoms with Crippen LogP contribution in [0.1, 0.15) is 18.1 Å². The second-order valence-electron chi connectivity index (χ2n) is 3.49. The highest BCUT2D eigenvalue weighted by Gasteiger charge is 2.30. The lowest BCUT2D eigenvalue weighted by atomic mass is 10.1. The third kappa shape index (κ3) is 3.50. The molecule has 2 N–H and O–H groups in total. The van der Waals surface area contributed by atoms with Crippen molar-refractivity contribution < 1.29 is 13.2 Å². The maximum absolute atomic E-state index is 12.3. The van der Waals surface area contributed by atoms with E-state index < -0.39 is 11.7 Å². The molecule has 1 unspecified atom stereocenters. The van der Waals surface area contributed by atoms with Crippen molar-refractivity contribution in [3.8, 4) is 0 Å². The summed E-state index contributed by atoms with van der Waals surface area (Å²) in [6.45, 7) is 1.81. The quantitative estimate of drug-likeness (QED) is 0.884. The van der Waals surface area contributed by atoms with Gasteiger partial charge in [0, 0.05) is 10.5 Å². The summed E-state index contributed by atoms with van der Waals surface area (Å²) in [5.41, 5.74) is 5.71. The lowest BCUT2D eigenvalue weighted by Crippen LogP contribution is -2.18. The average Bonchev–Trinajstić information content (AvgIpc) is 2.05. The molecule has 0 bridgehead atoms. The molecule has 5 heteroatoms. The smallest absolute Gasteiger partial charge is 0.328 e. The first-order valence-electron chi connectivity index (χ1n) is 4.42. The molecule has 0 aromatic heterocycles. The molecule has 0 aliphatic rings. The first kappa shape index (κ1) is 12.5. The van der Waals surface area contributed by atoms with Crippen molar-refractivity contribution in [2.75, 3.05) is 0 Å². The van der Waals surface area contributed by atoms with Gasteiger partial charge < -0.3 is 5.73 Å². The highest BCUT2D eigenvalue weighted by Crippen LogP contribution is 2.32. The second-order valence-corrected chi connectivity index (χ2v) is 4.34. The number of rotatable bonds is 2. The van der Waals surface area contributed by atoms with Crippen LogP contribution in [0.3, 0.4) is 0 Å². The lowest BCUT2D eigenvalue weighted by Gasteiger charge is -2.11. The Bertz CT molecular complexity index is 347. The van der Waals surface area contributed by atoms with Crippen LogP contribution in [-0.2, 0) is 12.6 Å². The Morgan fingerprint density at radius 1 is 1.40 bits per heavy atom. The molecule has 0 aliphatic carbocycles. The predicted octanol–water partition coefficient (Wildman–Crippen LogP) is 3.36. The van der Waals surface area contributed by atoms with Crippen LogP contribution in [0.4, 0.5) is 13.2 Å². The fourth-order valence-electron chi connectivity index (χ4n) is 1.24. The normalized spacial score (nSPS) is 14.0. The first-order chi connectivity index (χ1) is 6.80. The molecule has 1 nitrogen and oxygen atoms in total. The minimum absolute atomic E-state index is 0.0713. The minimum Gasteiger partial charge on any atom is -0.328 e. The van der Waals surface area contributed by atoms with Gasteiger partial charge in [-0.2, -0.15) is 13.2 Å². The highest BCUT2D eigenvalue weighted by atomic mass is 79.9. The molecule has 0 radical (unpaired) electrons. The van der Waals surface area contributed by atoms with Gasteiger partial charge >= 0.3 is 6.18 Å². The van der Waals surface area contributed by atoms with Crippen LogP contribution in [0, 0.1) is 0 Å². The van der Waals surface area contributed by atoms with Gasteiger partial charge in [0.15, 0.2) is 0 Å². The molecule has 0 spiro atoms. The highest BCUT2D eigenvalue weighted by molar-refractivity contribution is 9.10. The van der Waals surface area contributed by atoms with Crippen molar-refractivity contribution in [1.82, 2.24) is 0 Å². The van der Waals surface area contributed by atoms with E-state index >= 15 is 0 Å². The van der Waals surface area contributed by atoms with Crippen LogP contribution < -0.4 is 5.73 Å². The number of hydrogen-bond donors (Lipinski definition) is 1. The van der Waals surface area contributed by atoms with Crippen molar-refractivity contribution in [2.45, 2.75) is 25.6 Å². The van der Waals surface area contributed by atoms with Gasteiger partial charge in [-0.1, -0.05) is 22.0 Å². The topological polar surface area (TPSA) is 26.0 Å². The Morgan fingerprint density at radius 3 is 2.40 bits per heavy atom. The van der Waals surface area contributed by atoms with Crippen molar-refractivity contribution in [3.05, 3.63) is 33.8 Å². The number of hydrogen-bond acceptors (Lipinski definition) is 1. The molecule has 0 saturated heterocycles. The molecule has 0 amide bonds. The zero-order valence-electron chi connectivity index (χ0n) is 8.11. The van der Waals surface area contributed by atoms with Gasteiger partial charge in [-0.3, -0.25) is 0 Å². The summed E-state index contributed by atoms with van der Waals surface area (Å²) in [7, 11) is 0. The zero-order chi connectivity index (χ0) is 11.6. The predicted molar refractivity (Wildman–Crippen MR) is 56.5 cm³/mol. The van der Waals surface area contributed by atoms with Crippen LogP contribution in [0.5, 0.6) is 0 Å². The first-order valence-corrected chi connectivity index (χ1v) is 5.21. The molecule has 15 heavy (non-hydrogen) atoms. The molecular formula is C10H11BrF3N. The van der Waals surface area contributed by atoms with E-state index in [-0.39, 0.29) is 6.04 Å². The standard InChI is InChI=1S/C10H11BrF3N/c1-6(15)4-7-2-3-8(5-9(7)11)10(12,13)14/h2-3,5-6H,4,15H2,1H3. The molecule has 0 aliphatic heterocycles. The Hall–Kier alpha value is -0.550. The van der Waals surface area contributed by atoms with Crippen molar-refractivity contribution in [3.63, 3.8) is 0 Å². The zero-order valence-corrected chi connectivity index (χ0v) is 9.69. The third-order valence-electron chi connectivity index (χ3n) is 1.92. The van der Waals surface area contributed by atoms with Gasteiger partial charge in [0.1, 0.15) is 0 Å². The van der Waals surface area contributed by atoms with E-state index in [1.165, 1.54) is 6.07 Å². The molecular weight excluding hydrogens is 271 g/mol. The summed E-state index contributed by atoms with van der Waals surface area (Å²) in [5.74, 6) is 0. The van der Waals surface area contributed by atoms with Crippen LogP contribution in [0.2, 0.25) is 0 Å². The fraction of sp³-hybridized carbons (Fsp3) is 0.400. The van der Waals surface area contributed by atoms with Gasteiger partial charge in [-0.15, -0.1) is 0 Å². The molecule has 1 atom stereocenters. The van der Waals surface area contributed by atoms with Gasteiger partial charge in [0.05, 0.1) is 5.56 Å². The Kier molecular flexibility index (Phi) is 3.78. The average molecular weight is 282 g/mol. The number of halogens is 4. The van der Waals surface area contributed by atoms with Crippen LogP contribution in [0.25, 0.3) is 0 Å². The minimum atomic E-state index is -4.30. The molecule has 0 saturated carbocycles. The summed E-state index contributed by atoms with van der Waals surface area (Å²) in [6, 6.07) is 3.54. The van der Waals surface area contributed by atoms with E-state index in [9.17, 15) is 13.2 Å². The van der Waals surface area contributed by atoms with Crippen LogP contribution in [-0.4, -0.2) is 6.04 Å². The SMILES string of the molecule is CC(N)Cc1ccc(C(F)(F)F)cc1Br. The molecule has 0 heterocycles. The number of alkyl halides is 3. The van der Waals surface area contributed by atoms with Crippen molar-refractivity contribution in [1.29, 1.82) is 0 Å². The summed E-state index contributed by atoms with van der Waals surface area (Å²) in [4.78, 5) is 0. The van der Waals surface area contributed by atoms with E-state index in [4.69, 9.17) is 5.73 Å². The van der Waals surface area contributed by atoms with E-state index in [1.807, 2.05) is 6.92 Å². The monoisotopic (exact) mass is 281 g/mol. The molecule has 1 aromatic rings. The Labute approximate surface area is 94.6 Å². The lowest BCUT2D eigenvalue weighted by molar-refractivity contribution is -0.137. The fourth-order valence-corrected chi connectivity index (χ4v) is 1.78. The summed E-state index contributed by atoms with van der Waals surface area (Å²) < 4.78 is 37.4. The van der Waals surface area contributed by atoms with E-state index in [2.05, 4.69) is 15.9 Å². The van der Waals surface area contributed by atoms with E-state index in [1.54, 1.807) is 0 Å². The van der Waals surface area contributed by atoms with Gasteiger partial charge in [-0.05, 0) is 31.0 Å². The van der Waals surface area contributed by atoms with E-state index in [0.717, 1.165) is 17.7 Å². The van der Waals surface area contributed by atoms with Gasteiger partial charge in [0.25, 0.3) is 0 Å². The molecule has 84 valence electrons. The molecule has 0 fully saturated rings. The number of nitrogens with two attached hydrogens (primary N) is 1. The Morgan fingerprint density at radius 2 is 2.00 bits per heavy atom. The largest absolute Gasteiger partial charge is 0.416 e. The summed E-state index contributed by atoms with van der Waals surface area (Å²) >= 11 is 3.11. The van der Waals surface area contributed by atoms with Gasteiger partial charge in [-0.25, -0.2) is 0 Å². The van der Waals surface area contributed by atoms with Crippen molar-refractivity contribution in [2.24, 2.45) is 5.73 Å². The summed E-state index contributed by atoms with van der Waals surface area (Å²) in [6.07, 6.45) is -3.74. The maximum Gasteiger partial charge on any atom is 0.416 e. The second kappa shape index (κ2) is 4.53.